The molecule has 0 amide bonds. The lowest BCUT2D eigenvalue weighted by Gasteiger charge is -2.18. The van der Waals surface area contributed by atoms with Crippen LogP contribution in [0, 0.1) is 0 Å². The van der Waals surface area contributed by atoms with Gasteiger partial charge in [0, 0.05) is 24.6 Å². The zero-order valence-electron chi connectivity index (χ0n) is 11.7. The lowest BCUT2D eigenvalue weighted by Crippen LogP contribution is -2.26. The van der Waals surface area contributed by atoms with Crippen LogP contribution in [0.25, 0.3) is 0 Å². The summed E-state index contributed by atoms with van der Waals surface area (Å²) >= 11 is 3.43. The Bertz CT molecular complexity index is 732. The van der Waals surface area contributed by atoms with Gasteiger partial charge in [0.1, 0.15) is 0 Å². The zero-order valence-corrected chi connectivity index (χ0v) is 14.1. The number of halogens is 1. The summed E-state index contributed by atoms with van der Waals surface area (Å²) in [5, 5.41) is 0. The lowest BCUT2D eigenvalue weighted by atomic mass is 10.2. The largest absolute Gasteiger partial charge is 0.326 e. The predicted molar refractivity (Wildman–Crippen MR) is 87.1 cm³/mol. The molecule has 0 aliphatic carbocycles. The minimum Gasteiger partial charge on any atom is -0.326 e. The van der Waals surface area contributed by atoms with E-state index in [2.05, 4.69) is 15.9 Å². The Morgan fingerprint density at radius 2 is 1.86 bits per heavy atom. The van der Waals surface area contributed by atoms with Gasteiger partial charge in [0.2, 0.25) is 10.0 Å². The molecule has 0 aromatic heterocycles. The molecule has 6 heteroatoms. The molecule has 2 N–H and O–H groups in total. The molecule has 0 unspecified atom stereocenters. The summed E-state index contributed by atoms with van der Waals surface area (Å²) < 4.78 is 27.4. The standard InChI is InChI=1S/C15H17BrN2O2S/c1-18(11-13-6-2-3-8-15(13)16)21(19,20)14-7-4-5-12(9-14)10-17/h2-9H,10-11,17H2,1H3. The molecule has 112 valence electrons. The average Bonchev–Trinajstić information content (AvgIpc) is 2.49. The third-order valence-electron chi connectivity index (χ3n) is 3.19. The summed E-state index contributed by atoms with van der Waals surface area (Å²) in [5.41, 5.74) is 7.28. The minimum absolute atomic E-state index is 0.264. The van der Waals surface area contributed by atoms with Crippen LogP contribution in [0.4, 0.5) is 0 Å². The highest BCUT2D eigenvalue weighted by molar-refractivity contribution is 9.10. The Morgan fingerprint density at radius 1 is 1.14 bits per heavy atom. The van der Waals surface area contributed by atoms with Crippen LogP contribution in [0.5, 0.6) is 0 Å². The fourth-order valence-corrected chi connectivity index (χ4v) is 3.59. The summed E-state index contributed by atoms with van der Waals surface area (Å²) in [7, 11) is -1.96. The van der Waals surface area contributed by atoms with Crippen LogP contribution in [0.3, 0.4) is 0 Å². The van der Waals surface area contributed by atoms with Crippen LogP contribution in [0.2, 0.25) is 0 Å². The number of rotatable bonds is 5. The second-order valence-corrected chi connectivity index (χ2v) is 7.60. The average molecular weight is 369 g/mol. The Balaban J connectivity index is 2.28. The Kier molecular flexibility index (Phi) is 5.16. The third-order valence-corrected chi connectivity index (χ3v) is 5.77. The normalized spacial score (nSPS) is 11.8. The first-order valence-electron chi connectivity index (χ1n) is 6.44. The second-order valence-electron chi connectivity index (χ2n) is 4.70. The summed E-state index contributed by atoms with van der Waals surface area (Å²) in [6.45, 7) is 0.619. The number of hydrogen-bond acceptors (Lipinski definition) is 3. The fraction of sp³-hybridized carbons (Fsp3) is 0.200. The minimum atomic E-state index is -3.53. The first kappa shape index (κ1) is 16.2. The van der Waals surface area contributed by atoms with Crippen LogP contribution in [-0.2, 0) is 23.1 Å². The van der Waals surface area contributed by atoms with Crippen LogP contribution in [-0.4, -0.2) is 19.8 Å². The van der Waals surface area contributed by atoms with E-state index < -0.39 is 10.0 Å². The van der Waals surface area contributed by atoms with E-state index >= 15 is 0 Å². The van der Waals surface area contributed by atoms with E-state index in [0.29, 0.717) is 13.1 Å². The SMILES string of the molecule is CN(Cc1ccccc1Br)S(=O)(=O)c1cccc(CN)c1. The van der Waals surface area contributed by atoms with E-state index in [4.69, 9.17) is 5.73 Å². The van der Waals surface area contributed by atoms with Gasteiger partial charge in [-0.3, -0.25) is 0 Å². The van der Waals surface area contributed by atoms with Gasteiger partial charge in [0.15, 0.2) is 0 Å². The fourth-order valence-electron chi connectivity index (χ4n) is 1.96. The van der Waals surface area contributed by atoms with Gasteiger partial charge in [0.05, 0.1) is 4.90 Å². The Morgan fingerprint density at radius 3 is 2.52 bits per heavy atom. The van der Waals surface area contributed by atoms with Crippen molar-refractivity contribution < 1.29 is 8.42 Å². The molecule has 4 nitrogen and oxygen atoms in total. The monoisotopic (exact) mass is 368 g/mol. The highest BCUT2D eigenvalue weighted by Crippen LogP contribution is 2.22. The van der Waals surface area contributed by atoms with E-state index in [-0.39, 0.29) is 4.90 Å². The van der Waals surface area contributed by atoms with Gasteiger partial charge in [-0.25, -0.2) is 8.42 Å². The van der Waals surface area contributed by atoms with Gasteiger partial charge in [-0.1, -0.05) is 46.3 Å². The summed E-state index contributed by atoms with van der Waals surface area (Å²) in [5.74, 6) is 0. The van der Waals surface area contributed by atoms with Crippen molar-refractivity contribution in [1.82, 2.24) is 4.31 Å². The molecule has 0 heterocycles. The van der Waals surface area contributed by atoms with Gasteiger partial charge in [-0.05, 0) is 29.3 Å². The van der Waals surface area contributed by atoms with Crippen molar-refractivity contribution in [3.8, 4) is 0 Å². The molecular weight excluding hydrogens is 352 g/mol. The molecule has 0 spiro atoms. The molecule has 0 aliphatic rings. The predicted octanol–water partition coefficient (Wildman–Crippen LogP) is 2.73. The van der Waals surface area contributed by atoms with Crippen molar-refractivity contribution in [1.29, 1.82) is 0 Å². The maximum absolute atomic E-state index is 12.6. The Labute approximate surface area is 133 Å². The molecule has 0 atom stereocenters. The maximum Gasteiger partial charge on any atom is 0.243 e. The highest BCUT2D eigenvalue weighted by atomic mass is 79.9. The first-order chi connectivity index (χ1) is 9.95. The van der Waals surface area contributed by atoms with E-state index in [1.165, 1.54) is 4.31 Å². The topological polar surface area (TPSA) is 63.4 Å². The maximum atomic E-state index is 12.6. The summed E-state index contributed by atoms with van der Waals surface area (Å²) in [6.07, 6.45) is 0. The van der Waals surface area contributed by atoms with E-state index in [9.17, 15) is 8.42 Å². The lowest BCUT2D eigenvalue weighted by molar-refractivity contribution is 0.466. The number of nitrogens with two attached hydrogens (primary N) is 1. The zero-order chi connectivity index (χ0) is 15.5. The molecule has 0 saturated heterocycles. The van der Waals surface area contributed by atoms with Gasteiger partial charge in [-0.15, -0.1) is 0 Å². The molecule has 0 aliphatic heterocycles. The molecule has 0 bridgehead atoms. The van der Waals surface area contributed by atoms with Crippen LogP contribution < -0.4 is 5.73 Å². The second kappa shape index (κ2) is 6.70. The van der Waals surface area contributed by atoms with Gasteiger partial charge in [-0.2, -0.15) is 4.31 Å². The van der Waals surface area contributed by atoms with E-state index in [0.717, 1.165) is 15.6 Å². The van der Waals surface area contributed by atoms with Crippen molar-refractivity contribution in [2.24, 2.45) is 5.73 Å². The molecule has 2 rings (SSSR count). The highest BCUT2D eigenvalue weighted by Gasteiger charge is 2.21. The van der Waals surface area contributed by atoms with Crippen LogP contribution >= 0.6 is 15.9 Å². The first-order valence-corrected chi connectivity index (χ1v) is 8.67. The van der Waals surface area contributed by atoms with Crippen molar-refractivity contribution in [2.75, 3.05) is 7.05 Å². The van der Waals surface area contributed by atoms with Crippen molar-refractivity contribution in [2.45, 2.75) is 18.0 Å². The van der Waals surface area contributed by atoms with Crippen molar-refractivity contribution >= 4 is 26.0 Å². The van der Waals surface area contributed by atoms with Gasteiger partial charge >= 0.3 is 0 Å². The molecule has 21 heavy (non-hydrogen) atoms. The molecule has 2 aromatic carbocycles. The quantitative estimate of drug-likeness (QED) is 0.882. The van der Waals surface area contributed by atoms with Crippen molar-refractivity contribution in [3.05, 3.63) is 64.1 Å². The smallest absolute Gasteiger partial charge is 0.243 e. The molecular formula is C15H17BrN2O2S. The van der Waals surface area contributed by atoms with Crippen molar-refractivity contribution in [3.63, 3.8) is 0 Å². The summed E-state index contributed by atoms with van der Waals surface area (Å²) in [4.78, 5) is 0.264. The molecule has 0 saturated carbocycles. The van der Waals surface area contributed by atoms with E-state index in [1.54, 1.807) is 25.2 Å². The number of benzene rings is 2. The number of hydrogen-bond donors (Lipinski definition) is 1. The number of sulfonamides is 1. The molecule has 0 radical (unpaired) electrons. The van der Waals surface area contributed by atoms with Crippen LogP contribution in [0.1, 0.15) is 11.1 Å². The molecule has 2 aromatic rings. The molecule has 0 fully saturated rings. The third kappa shape index (κ3) is 3.71. The number of nitrogens with zero attached hydrogens (tertiary/aromatic N) is 1. The summed E-state index contributed by atoms with van der Waals surface area (Å²) in [6, 6.07) is 14.3. The van der Waals surface area contributed by atoms with Gasteiger partial charge in [0.25, 0.3) is 0 Å². The van der Waals surface area contributed by atoms with E-state index in [1.807, 2.05) is 30.3 Å². The Hall–Kier alpha value is -1.21. The van der Waals surface area contributed by atoms with Crippen LogP contribution in [0.15, 0.2) is 57.9 Å². The van der Waals surface area contributed by atoms with Gasteiger partial charge < -0.3 is 5.73 Å².